The molecule has 1 aromatic carbocycles. The Morgan fingerprint density at radius 3 is 2.28 bits per heavy atom. The van der Waals surface area contributed by atoms with Crippen molar-refractivity contribution in [2.45, 2.75) is 186 Å². The van der Waals surface area contributed by atoms with E-state index in [0.717, 1.165) is 17.7 Å². The minimum atomic E-state index is -2.43. The van der Waals surface area contributed by atoms with Crippen molar-refractivity contribution in [1.82, 2.24) is 4.90 Å². The molecule has 3 fully saturated rings. The maximum atomic E-state index is 14.5. The van der Waals surface area contributed by atoms with E-state index in [-0.39, 0.29) is 48.1 Å². The highest BCUT2D eigenvalue weighted by Crippen LogP contribution is 2.38. The minimum Gasteiger partial charge on any atom is -0.461 e. The molecule has 1 saturated carbocycles. The normalized spacial score (nSPS) is 37.7. The molecular formula is C57H83N3O11. The molecule has 14 heteroatoms. The fourth-order valence-electron chi connectivity index (χ4n) is 11.1. The summed E-state index contributed by atoms with van der Waals surface area (Å²) in [6.07, 6.45) is 14.6. The van der Waals surface area contributed by atoms with Gasteiger partial charge in [0.2, 0.25) is 5.79 Å². The Morgan fingerprint density at radius 1 is 0.859 bits per heavy atom. The number of aliphatic hydroxyl groups excluding tert-OH is 2. The first-order valence-electron chi connectivity index (χ1n) is 26.1. The van der Waals surface area contributed by atoms with Crippen LogP contribution in [0.1, 0.15) is 132 Å². The van der Waals surface area contributed by atoms with Gasteiger partial charge in [0.05, 0.1) is 24.9 Å². The number of hydrogen-bond donors (Lipinski definition) is 4. The zero-order valence-corrected chi connectivity index (χ0v) is 43.8. The van der Waals surface area contributed by atoms with Crippen LogP contribution in [0.2, 0.25) is 0 Å². The number of esters is 1. The van der Waals surface area contributed by atoms with Gasteiger partial charge in [-0.1, -0.05) is 88.8 Å². The lowest BCUT2D eigenvalue weighted by Crippen LogP contribution is -2.61. The first kappa shape index (κ1) is 57.4. The third-order valence-corrected chi connectivity index (χ3v) is 15.6. The number of amides is 1. The summed E-state index contributed by atoms with van der Waals surface area (Å²) in [6.45, 7) is 21.0. The summed E-state index contributed by atoms with van der Waals surface area (Å²) in [7, 11) is 3.05. The number of benzene rings is 1. The van der Waals surface area contributed by atoms with Crippen LogP contribution in [0.4, 0.5) is 11.4 Å². The third-order valence-electron chi connectivity index (χ3n) is 15.6. The van der Waals surface area contributed by atoms with Gasteiger partial charge in [0, 0.05) is 44.3 Å². The second kappa shape index (κ2) is 27.0. The van der Waals surface area contributed by atoms with Crippen molar-refractivity contribution in [2.75, 3.05) is 26.1 Å². The first-order valence-corrected chi connectivity index (χ1v) is 26.1. The van der Waals surface area contributed by atoms with Crippen molar-refractivity contribution >= 4 is 34.8 Å². The molecule has 2 saturated heterocycles. The summed E-state index contributed by atoms with van der Waals surface area (Å²) in [5, 5.41) is 37.8. The number of Topliss-reactive ketones (excluding diaryl/α,β-unsaturated/α-hetero) is 2. The number of carbonyl (C=O) groups is 4. The summed E-state index contributed by atoms with van der Waals surface area (Å²) in [5.41, 5.74) is 2.79. The molecule has 1 amide bonds. The Hall–Kier alpha value is -4.49. The Kier molecular flexibility index (Phi) is 21.8. The minimum absolute atomic E-state index is 0.0364. The number of nitrogens with zero attached hydrogens (tertiary/aromatic N) is 2. The summed E-state index contributed by atoms with van der Waals surface area (Å²) >= 11 is 0. The fourth-order valence-corrected chi connectivity index (χ4v) is 11.1. The lowest BCUT2D eigenvalue weighted by molar-refractivity contribution is -0.263. The number of methoxy groups -OCH3 is 2. The van der Waals surface area contributed by atoms with Gasteiger partial charge in [0.15, 0.2) is 11.5 Å². The van der Waals surface area contributed by atoms with E-state index in [9.17, 15) is 34.5 Å². The van der Waals surface area contributed by atoms with Crippen LogP contribution in [0.5, 0.6) is 0 Å². The molecule has 3 heterocycles. The number of hydrogen-bond acceptors (Lipinski definition) is 12. The van der Waals surface area contributed by atoms with Crippen LogP contribution in [0.3, 0.4) is 0 Å². The van der Waals surface area contributed by atoms with Crippen molar-refractivity contribution < 1.29 is 53.4 Å². The van der Waals surface area contributed by atoms with E-state index in [0.29, 0.717) is 88.3 Å². The van der Waals surface area contributed by atoms with Crippen molar-refractivity contribution in [3.05, 3.63) is 83.3 Å². The van der Waals surface area contributed by atoms with E-state index in [2.05, 4.69) is 17.1 Å². The monoisotopic (exact) mass is 986 g/mol. The SMILES string of the molecule is [C-]#[N+]c1ccc(NC2C[C@@H]3CC[C@@H](C)[C@@](O)(O3)C(=O)C(=O)N3CCCC[C@H]3C(=O)O[C@H]([C@H](C)C[C@H]3CC[C@@H](O)[C@H](OC)C3)CC[C@H](C)/C=C(\C)[C@@H](O)[C@@H](OC)C(=O)[C@H](C)C[C@H](C)/C=C/C=C/C=C/2C)cc1. The van der Waals surface area contributed by atoms with Crippen LogP contribution < -0.4 is 5.32 Å². The predicted molar refractivity (Wildman–Crippen MR) is 274 cm³/mol. The molecule has 0 radical (unpaired) electrons. The van der Waals surface area contributed by atoms with E-state index >= 15 is 0 Å². The molecule has 1 unspecified atom stereocenters. The fraction of sp³-hybridized carbons (Fsp3) is 0.667. The average Bonchev–Trinajstić information content (AvgIpc) is 3.35. The van der Waals surface area contributed by atoms with E-state index in [1.807, 2.05) is 76.3 Å². The molecule has 1 aromatic rings. The van der Waals surface area contributed by atoms with Crippen LogP contribution in [-0.4, -0.2) is 119 Å². The van der Waals surface area contributed by atoms with Crippen LogP contribution in [0, 0.1) is 42.1 Å². The van der Waals surface area contributed by atoms with Crippen LogP contribution in [-0.2, 0) is 38.1 Å². The molecule has 0 aromatic heterocycles. The van der Waals surface area contributed by atoms with Crippen LogP contribution >= 0.6 is 0 Å². The van der Waals surface area contributed by atoms with E-state index < -0.39 is 71.8 Å². The second-order valence-corrected chi connectivity index (χ2v) is 21.3. The number of piperidine rings is 1. The third kappa shape index (κ3) is 15.5. The van der Waals surface area contributed by atoms with Gasteiger partial charge in [-0.2, -0.15) is 0 Å². The van der Waals surface area contributed by atoms with Crippen molar-refractivity contribution in [3.63, 3.8) is 0 Å². The van der Waals surface area contributed by atoms with Gasteiger partial charge in [-0.05, 0) is 139 Å². The number of aliphatic hydroxyl groups is 3. The van der Waals surface area contributed by atoms with Gasteiger partial charge < -0.3 is 44.5 Å². The number of cyclic esters (lactones) is 1. The largest absolute Gasteiger partial charge is 0.461 e. The quantitative estimate of drug-likeness (QED) is 0.0881. The highest BCUT2D eigenvalue weighted by molar-refractivity contribution is 6.39. The Morgan fingerprint density at radius 2 is 1.59 bits per heavy atom. The highest BCUT2D eigenvalue weighted by Gasteiger charge is 2.53. The van der Waals surface area contributed by atoms with Crippen molar-refractivity contribution in [3.8, 4) is 0 Å². The van der Waals surface area contributed by atoms with E-state index in [4.69, 9.17) is 25.5 Å². The zero-order valence-electron chi connectivity index (χ0n) is 43.8. The topological polar surface area (TPSA) is 186 Å². The number of ketones is 2. The summed E-state index contributed by atoms with van der Waals surface area (Å²) < 4.78 is 24.1. The Balaban J connectivity index is 1.48. The van der Waals surface area contributed by atoms with Gasteiger partial charge in [0.25, 0.3) is 11.7 Å². The molecule has 5 rings (SSSR count). The van der Waals surface area contributed by atoms with E-state index in [1.165, 1.54) is 12.0 Å². The van der Waals surface area contributed by atoms with E-state index in [1.54, 1.807) is 33.1 Å². The van der Waals surface area contributed by atoms with Gasteiger partial charge in [0.1, 0.15) is 24.4 Å². The van der Waals surface area contributed by atoms with Crippen LogP contribution in [0.15, 0.2) is 71.9 Å². The number of allylic oxidation sites excluding steroid dienone is 6. The number of nitrogens with one attached hydrogen (secondary N) is 1. The predicted octanol–water partition coefficient (Wildman–Crippen LogP) is 9.02. The maximum absolute atomic E-state index is 14.5. The van der Waals surface area contributed by atoms with Crippen molar-refractivity contribution in [1.29, 1.82) is 0 Å². The Bertz CT molecular complexity index is 2110. The molecule has 4 N–H and O–H groups in total. The Labute approximate surface area is 423 Å². The number of fused-ring (bicyclic) bond motifs is 3. The molecular weight excluding hydrogens is 903 g/mol. The first-order chi connectivity index (χ1) is 33.8. The average molecular weight is 986 g/mol. The van der Waals surface area contributed by atoms with Crippen molar-refractivity contribution in [2.24, 2.45) is 35.5 Å². The molecule has 3 aliphatic heterocycles. The smallest absolute Gasteiger partial charge is 0.329 e. The lowest BCUT2D eigenvalue weighted by Gasteiger charge is -2.43. The second-order valence-electron chi connectivity index (χ2n) is 21.3. The molecule has 0 spiro atoms. The standard InChI is InChI=1S/C57H83N3O11/c1-35-16-12-11-13-17-37(3)46(59-44-24-22-43(58-8)23-25-44)34-45-26-20-41(7)57(67,71-45)54(64)55(65)60-29-15-14-18-47(60)56(66)70-49(38(4)32-42-21-27-48(61)50(33-42)68-9)28-19-36(2)31-40(6)52(63)53(69-10)51(62)39(5)30-35/h11-13,16-17,22-25,31,35-36,38-39,41-42,45-50,52-53,59,61,63,67H,14-15,18-21,26-30,32-34H2,1-7,9-10H3/b13-11+,16-12+,37-17+,40-31+/t35-,36+,38-,39-,41-,42-,45+,46?,47+,48-,49+,50-,52-,53+,57-/m1/s1. The summed E-state index contributed by atoms with van der Waals surface area (Å²) in [4.78, 5) is 62.0. The highest BCUT2D eigenvalue weighted by atomic mass is 16.6. The number of anilines is 1. The molecule has 71 heavy (non-hydrogen) atoms. The van der Waals surface area contributed by atoms with Gasteiger partial charge in [-0.15, -0.1) is 0 Å². The molecule has 4 aliphatic rings. The molecule has 392 valence electrons. The molecule has 14 nitrogen and oxygen atoms in total. The van der Waals surface area contributed by atoms with Gasteiger partial charge in [-0.3, -0.25) is 14.4 Å². The maximum Gasteiger partial charge on any atom is 0.329 e. The number of ether oxygens (including phenoxy) is 4. The zero-order chi connectivity index (χ0) is 52.0. The van der Waals surface area contributed by atoms with Gasteiger partial charge in [-0.25, -0.2) is 9.64 Å². The van der Waals surface area contributed by atoms with Crippen LogP contribution in [0.25, 0.3) is 4.85 Å². The lowest BCUT2D eigenvalue weighted by atomic mass is 9.78. The van der Waals surface area contributed by atoms with Gasteiger partial charge >= 0.3 is 5.97 Å². The summed E-state index contributed by atoms with van der Waals surface area (Å²) in [5.74, 6) is -6.34. The molecule has 15 atom stereocenters. The number of carbonyl (C=O) groups excluding carboxylic acids is 4. The summed E-state index contributed by atoms with van der Waals surface area (Å²) in [6, 6.07) is 5.72. The molecule has 2 bridgehead atoms. The molecule has 1 aliphatic carbocycles. The number of rotatable bonds is 7.